The minimum absolute atomic E-state index is 0.0666. The molecule has 0 atom stereocenters. The van der Waals surface area contributed by atoms with E-state index in [2.05, 4.69) is 9.68 Å². The van der Waals surface area contributed by atoms with Gasteiger partial charge in [-0.1, -0.05) is 22.9 Å². The summed E-state index contributed by atoms with van der Waals surface area (Å²) in [5, 5.41) is 3.44. The van der Waals surface area contributed by atoms with E-state index in [0.717, 1.165) is 11.1 Å². The van der Waals surface area contributed by atoms with Gasteiger partial charge in [0, 0.05) is 12.1 Å². The van der Waals surface area contributed by atoms with Gasteiger partial charge in [0.2, 0.25) is 0 Å². The highest BCUT2D eigenvalue weighted by Crippen LogP contribution is 2.08. The zero-order valence-electron chi connectivity index (χ0n) is 9.78. The Bertz CT molecular complexity index is 562. The third-order valence-corrected chi connectivity index (χ3v) is 2.91. The molecule has 0 aliphatic carbocycles. The number of rotatable bonds is 2. The van der Waals surface area contributed by atoms with Crippen molar-refractivity contribution in [3.8, 4) is 0 Å². The fourth-order valence-corrected chi connectivity index (χ4v) is 1.52. The second kappa shape index (κ2) is 6.29. The first-order valence-electron chi connectivity index (χ1n) is 5.06. The Morgan fingerprint density at radius 2 is 1.94 bits per heavy atom. The van der Waals surface area contributed by atoms with Crippen molar-refractivity contribution in [1.29, 1.82) is 0 Å². The molecule has 98 valence electrons. The van der Waals surface area contributed by atoms with Crippen LogP contribution in [-0.2, 0) is 16.7 Å². The molecule has 2 rings (SSSR count). The highest BCUT2D eigenvalue weighted by molar-refractivity contribution is 7.85. The third kappa shape index (κ3) is 4.66. The fourth-order valence-electron chi connectivity index (χ4n) is 1.04. The van der Waals surface area contributed by atoms with Gasteiger partial charge in [-0.2, -0.15) is 8.42 Å². The van der Waals surface area contributed by atoms with E-state index in [1.54, 1.807) is 18.3 Å². The largest absolute Gasteiger partial charge is 0.364 e. The van der Waals surface area contributed by atoms with Gasteiger partial charge in [-0.05, 0) is 19.1 Å². The van der Waals surface area contributed by atoms with E-state index in [9.17, 15) is 8.42 Å². The summed E-state index contributed by atoms with van der Waals surface area (Å²) in [6, 6.07) is 5.99. The Morgan fingerprint density at radius 3 is 2.28 bits per heavy atom. The standard InChI is InChI=1S/C7H8O3S.C4H6N2O/c1-6-2-4-7(5-3-6)11(8,9)10;5-1-4-2-6-7-3-4/h2-5H,1H3,(H,8,9,10);2-3H,1,5H2. The summed E-state index contributed by atoms with van der Waals surface area (Å²) in [4.78, 5) is -0.0666. The van der Waals surface area contributed by atoms with E-state index in [1.165, 1.54) is 18.4 Å². The zero-order valence-corrected chi connectivity index (χ0v) is 10.6. The molecule has 1 heterocycles. The van der Waals surface area contributed by atoms with Crippen LogP contribution in [-0.4, -0.2) is 18.1 Å². The van der Waals surface area contributed by atoms with Gasteiger partial charge < -0.3 is 10.3 Å². The van der Waals surface area contributed by atoms with E-state index in [0.29, 0.717) is 6.54 Å². The van der Waals surface area contributed by atoms with Crippen molar-refractivity contribution in [2.45, 2.75) is 18.4 Å². The summed E-state index contributed by atoms with van der Waals surface area (Å²) in [5.41, 5.74) is 7.08. The average Bonchev–Trinajstić information content (AvgIpc) is 2.82. The summed E-state index contributed by atoms with van der Waals surface area (Å²) < 4.78 is 34.0. The van der Waals surface area contributed by atoms with Crippen LogP contribution < -0.4 is 5.73 Å². The Morgan fingerprint density at radius 1 is 1.33 bits per heavy atom. The van der Waals surface area contributed by atoms with Crippen molar-refractivity contribution in [2.24, 2.45) is 5.73 Å². The molecule has 18 heavy (non-hydrogen) atoms. The van der Waals surface area contributed by atoms with Crippen LogP contribution in [0.5, 0.6) is 0 Å². The van der Waals surface area contributed by atoms with Gasteiger partial charge in [0.05, 0.1) is 11.1 Å². The predicted molar refractivity (Wildman–Crippen MR) is 65.4 cm³/mol. The summed E-state index contributed by atoms with van der Waals surface area (Å²) in [6.45, 7) is 2.34. The molecule has 6 nitrogen and oxygen atoms in total. The topological polar surface area (TPSA) is 106 Å². The van der Waals surface area contributed by atoms with Crippen LogP contribution >= 0.6 is 0 Å². The minimum Gasteiger partial charge on any atom is -0.364 e. The SMILES string of the molecule is Cc1ccc(S(=O)(=O)O)cc1.NCc1cnoc1. The number of benzene rings is 1. The summed E-state index contributed by atoms with van der Waals surface area (Å²) >= 11 is 0. The average molecular weight is 270 g/mol. The minimum atomic E-state index is -4.02. The molecule has 0 saturated carbocycles. The van der Waals surface area contributed by atoms with Gasteiger partial charge in [-0.25, -0.2) is 0 Å². The van der Waals surface area contributed by atoms with Crippen molar-refractivity contribution in [3.63, 3.8) is 0 Å². The van der Waals surface area contributed by atoms with Gasteiger partial charge in [0.25, 0.3) is 10.1 Å². The number of nitrogens with zero attached hydrogens (tertiary/aromatic N) is 1. The number of aromatic nitrogens is 1. The van der Waals surface area contributed by atoms with Crippen LogP contribution in [0.1, 0.15) is 11.1 Å². The Balaban J connectivity index is 0.000000199. The highest BCUT2D eigenvalue weighted by Gasteiger charge is 2.06. The quantitative estimate of drug-likeness (QED) is 0.798. The Labute approximate surface area is 105 Å². The first kappa shape index (κ1) is 14.4. The molecule has 2 aromatic rings. The van der Waals surface area contributed by atoms with Crippen molar-refractivity contribution in [3.05, 3.63) is 47.9 Å². The van der Waals surface area contributed by atoms with Gasteiger partial charge in [0.1, 0.15) is 6.26 Å². The van der Waals surface area contributed by atoms with Crippen LogP contribution in [0, 0.1) is 6.92 Å². The van der Waals surface area contributed by atoms with Crippen molar-refractivity contribution >= 4 is 10.1 Å². The molecule has 0 aliphatic rings. The first-order valence-corrected chi connectivity index (χ1v) is 6.50. The van der Waals surface area contributed by atoms with Crippen LogP contribution in [0.15, 0.2) is 46.1 Å². The summed E-state index contributed by atoms with van der Waals surface area (Å²) in [7, 11) is -4.02. The molecule has 0 bridgehead atoms. The zero-order chi connectivity index (χ0) is 13.6. The van der Waals surface area contributed by atoms with Gasteiger partial charge >= 0.3 is 0 Å². The number of hydrogen-bond acceptors (Lipinski definition) is 5. The maximum atomic E-state index is 10.5. The maximum absolute atomic E-state index is 10.5. The van der Waals surface area contributed by atoms with Crippen LogP contribution in [0.2, 0.25) is 0 Å². The van der Waals surface area contributed by atoms with E-state index < -0.39 is 10.1 Å². The molecule has 0 saturated heterocycles. The lowest BCUT2D eigenvalue weighted by Gasteiger charge is -1.95. The van der Waals surface area contributed by atoms with Crippen LogP contribution in [0.3, 0.4) is 0 Å². The summed E-state index contributed by atoms with van der Waals surface area (Å²) in [6.07, 6.45) is 3.12. The smallest absolute Gasteiger partial charge is 0.294 e. The first-order chi connectivity index (χ1) is 8.43. The van der Waals surface area contributed by atoms with Crippen LogP contribution in [0.4, 0.5) is 0 Å². The molecular formula is C11H14N2O4S. The van der Waals surface area contributed by atoms with E-state index >= 15 is 0 Å². The molecule has 0 fully saturated rings. The van der Waals surface area contributed by atoms with E-state index in [-0.39, 0.29) is 4.90 Å². The lowest BCUT2D eigenvalue weighted by molar-refractivity contribution is 0.419. The fraction of sp³-hybridized carbons (Fsp3) is 0.182. The Kier molecular flexibility index (Phi) is 5.02. The van der Waals surface area contributed by atoms with E-state index in [4.69, 9.17) is 10.3 Å². The molecular weight excluding hydrogens is 256 g/mol. The van der Waals surface area contributed by atoms with Gasteiger partial charge in [0.15, 0.2) is 0 Å². The maximum Gasteiger partial charge on any atom is 0.294 e. The normalized spacial score (nSPS) is 10.6. The molecule has 0 radical (unpaired) electrons. The monoisotopic (exact) mass is 270 g/mol. The number of aryl methyl sites for hydroxylation is 1. The molecule has 0 unspecified atom stereocenters. The highest BCUT2D eigenvalue weighted by atomic mass is 32.2. The number of nitrogens with two attached hydrogens (primary N) is 1. The summed E-state index contributed by atoms with van der Waals surface area (Å²) in [5.74, 6) is 0. The van der Waals surface area contributed by atoms with Crippen molar-refractivity contribution in [2.75, 3.05) is 0 Å². The number of hydrogen-bond donors (Lipinski definition) is 2. The van der Waals surface area contributed by atoms with E-state index in [1.807, 2.05) is 6.92 Å². The molecule has 1 aromatic carbocycles. The molecule has 3 N–H and O–H groups in total. The van der Waals surface area contributed by atoms with Gasteiger partial charge in [-0.3, -0.25) is 4.55 Å². The Hall–Kier alpha value is -1.70. The van der Waals surface area contributed by atoms with Crippen molar-refractivity contribution < 1.29 is 17.5 Å². The lowest BCUT2D eigenvalue weighted by Crippen LogP contribution is -1.96. The molecule has 0 aliphatic heterocycles. The van der Waals surface area contributed by atoms with Crippen LogP contribution in [0.25, 0.3) is 0 Å². The van der Waals surface area contributed by atoms with Gasteiger partial charge in [-0.15, -0.1) is 0 Å². The molecule has 0 spiro atoms. The van der Waals surface area contributed by atoms with Crippen molar-refractivity contribution in [1.82, 2.24) is 5.16 Å². The second-order valence-corrected chi connectivity index (χ2v) is 4.95. The predicted octanol–water partition coefficient (Wildman–Crippen LogP) is 1.38. The molecule has 0 amide bonds. The molecule has 1 aromatic heterocycles. The lowest BCUT2D eigenvalue weighted by atomic mass is 10.2. The second-order valence-electron chi connectivity index (χ2n) is 3.52. The third-order valence-electron chi connectivity index (χ3n) is 2.04. The molecule has 7 heteroatoms.